The van der Waals surface area contributed by atoms with Crippen LogP contribution in [-0.4, -0.2) is 263 Å². The number of aromatic hydroxyl groups is 1. The number of ether oxygens (including phenoxy) is 4. The number of carboxylic acid groups (broad SMARTS) is 3. The number of phenols is 1. The Morgan fingerprint density at radius 3 is 1.60 bits per heavy atom. The van der Waals surface area contributed by atoms with E-state index in [1.807, 2.05) is 11.0 Å². The summed E-state index contributed by atoms with van der Waals surface area (Å²) in [4.78, 5) is 123. The summed E-state index contributed by atoms with van der Waals surface area (Å²) in [6.07, 6.45) is 0.805. The van der Waals surface area contributed by atoms with Crippen LogP contribution in [0.15, 0.2) is 83.9 Å². The van der Waals surface area contributed by atoms with E-state index in [2.05, 4.69) is 42.2 Å². The fourth-order valence-electron chi connectivity index (χ4n) is 9.05. The number of carbonyl (C=O) groups is 9. The highest BCUT2D eigenvalue weighted by Gasteiger charge is 2.29. The SMILES string of the molecule is CCC(=O)NCCNC(=O)/N=C(/N)NCCC[C@@H](NC(=O)C(c1ccccc1)c1cccc(NC(=O)CCOCCOCCOCCOCCNC(=O)CN2CCN(CC(=O)O)CCN(CC(=O)O)CCN(CC(=O)O)CC2)c1)C(=O)NCc1ccc(O)cc1. The fraction of sp³-hybridized carbons (Fsp3) is 0.533. The van der Waals surface area contributed by atoms with E-state index in [1.165, 1.54) is 12.1 Å². The van der Waals surface area contributed by atoms with Crippen LogP contribution >= 0.6 is 0 Å². The van der Waals surface area contributed by atoms with Crippen molar-refractivity contribution in [1.82, 2.24) is 51.5 Å². The first-order valence-electron chi connectivity index (χ1n) is 29.9. The number of nitrogens with zero attached hydrogens (tertiary/aromatic N) is 5. The van der Waals surface area contributed by atoms with Crippen LogP contribution < -0.4 is 43.0 Å². The third kappa shape index (κ3) is 32.7. The van der Waals surface area contributed by atoms with E-state index in [1.54, 1.807) is 82.3 Å². The molecule has 0 bridgehead atoms. The molecule has 90 heavy (non-hydrogen) atoms. The van der Waals surface area contributed by atoms with Crippen LogP contribution in [0.3, 0.4) is 0 Å². The van der Waals surface area contributed by atoms with Gasteiger partial charge in [0.25, 0.3) is 0 Å². The molecule has 7 amide bonds. The molecule has 4 rings (SSSR count). The second-order valence-corrected chi connectivity index (χ2v) is 20.8. The Hall–Kier alpha value is -8.36. The van der Waals surface area contributed by atoms with Crippen LogP contribution in [0.2, 0.25) is 0 Å². The average Bonchev–Trinajstić information content (AvgIpc) is 1.24. The number of phenolic OH excluding ortho intramolecular Hbond substituents is 1. The van der Waals surface area contributed by atoms with Crippen molar-refractivity contribution < 1.29 is 82.5 Å². The van der Waals surface area contributed by atoms with Crippen LogP contribution in [0.25, 0.3) is 0 Å². The summed E-state index contributed by atoms with van der Waals surface area (Å²) in [6, 6.07) is 20.4. The predicted octanol–water partition coefficient (Wildman–Crippen LogP) is -0.768. The molecule has 0 radical (unpaired) electrons. The molecule has 1 saturated heterocycles. The normalized spacial score (nSPS) is 14.6. The van der Waals surface area contributed by atoms with Crippen molar-refractivity contribution in [3.05, 3.63) is 95.6 Å². The molecule has 496 valence electrons. The highest BCUT2D eigenvalue weighted by molar-refractivity contribution is 5.94. The second-order valence-electron chi connectivity index (χ2n) is 20.8. The van der Waals surface area contributed by atoms with E-state index < -0.39 is 47.7 Å². The molecule has 0 saturated carbocycles. The van der Waals surface area contributed by atoms with Gasteiger partial charge in [-0.05, 0) is 53.8 Å². The number of aliphatic imine (C=N–C) groups is 1. The van der Waals surface area contributed by atoms with E-state index in [9.17, 15) is 63.6 Å². The Balaban J connectivity index is 1.15. The Bertz CT molecular complexity index is 2700. The summed E-state index contributed by atoms with van der Waals surface area (Å²) in [6.45, 7) is 6.05. The molecule has 1 aliphatic rings. The van der Waals surface area contributed by atoms with E-state index in [0.29, 0.717) is 61.4 Å². The third-order valence-electron chi connectivity index (χ3n) is 13.7. The van der Waals surface area contributed by atoms with Crippen molar-refractivity contribution in [3.63, 3.8) is 0 Å². The summed E-state index contributed by atoms with van der Waals surface area (Å²) < 4.78 is 22.4. The molecule has 2 atom stereocenters. The first-order valence-corrected chi connectivity index (χ1v) is 29.9. The summed E-state index contributed by atoms with van der Waals surface area (Å²) in [7, 11) is 0. The highest BCUT2D eigenvalue weighted by Crippen LogP contribution is 2.28. The second kappa shape index (κ2) is 43.3. The molecule has 30 heteroatoms. The van der Waals surface area contributed by atoms with Crippen molar-refractivity contribution in [2.45, 2.75) is 51.1 Å². The van der Waals surface area contributed by atoms with Crippen LogP contribution in [0.1, 0.15) is 55.2 Å². The third-order valence-corrected chi connectivity index (χ3v) is 13.7. The predicted molar refractivity (Wildman–Crippen MR) is 330 cm³/mol. The lowest BCUT2D eigenvalue weighted by atomic mass is 9.89. The number of aliphatic carboxylic acids is 3. The molecular weight excluding hydrogens is 1170 g/mol. The van der Waals surface area contributed by atoms with Crippen LogP contribution in [0, 0.1) is 0 Å². The minimum absolute atomic E-state index is 0.0116. The van der Waals surface area contributed by atoms with Gasteiger partial charge < -0.3 is 82.3 Å². The molecule has 30 nitrogen and oxygen atoms in total. The monoisotopic (exact) mass is 1260 g/mol. The Kier molecular flexibility index (Phi) is 35.7. The van der Waals surface area contributed by atoms with Crippen LogP contribution in [-0.2, 0) is 63.8 Å². The number of benzene rings is 3. The quantitative estimate of drug-likeness (QED) is 0.0190. The molecule has 0 aliphatic carbocycles. The maximum Gasteiger partial charge on any atom is 0.344 e. The van der Waals surface area contributed by atoms with E-state index in [-0.39, 0.29) is 180 Å². The lowest BCUT2D eigenvalue weighted by molar-refractivity contribution is -0.140. The van der Waals surface area contributed by atoms with Crippen molar-refractivity contribution in [2.24, 2.45) is 10.7 Å². The van der Waals surface area contributed by atoms with Gasteiger partial charge in [-0.2, -0.15) is 4.99 Å². The lowest BCUT2D eigenvalue weighted by Crippen LogP contribution is -2.50. The largest absolute Gasteiger partial charge is 0.508 e. The summed E-state index contributed by atoms with van der Waals surface area (Å²) in [5, 5.41) is 57.5. The van der Waals surface area contributed by atoms with Crippen LogP contribution in [0.4, 0.5) is 10.5 Å². The number of carboxylic acids is 3. The number of amides is 7. The van der Waals surface area contributed by atoms with Gasteiger partial charge >= 0.3 is 23.9 Å². The Labute approximate surface area is 523 Å². The van der Waals surface area contributed by atoms with Crippen molar-refractivity contribution in [1.29, 1.82) is 0 Å². The number of hydrogen-bond acceptors (Lipinski definition) is 18. The van der Waals surface area contributed by atoms with Gasteiger partial charge in [0.05, 0.1) is 91.4 Å². The maximum atomic E-state index is 14.4. The molecule has 1 heterocycles. The smallest absolute Gasteiger partial charge is 0.344 e. The summed E-state index contributed by atoms with van der Waals surface area (Å²) >= 11 is 0. The molecule has 1 aliphatic heterocycles. The summed E-state index contributed by atoms with van der Waals surface area (Å²) in [5.74, 6) is -5.84. The molecule has 13 N–H and O–H groups in total. The molecule has 1 unspecified atom stereocenters. The Morgan fingerprint density at radius 2 is 1.04 bits per heavy atom. The maximum absolute atomic E-state index is 14.4. The molecule has 1 fully saturated rings. The number of nitrogens with one attached hydrogen (secondary N) is 7. The Morgan fingerprint density at radius 1 is 0.533 bits per heavy atom. The number of rotatable bonds is 39. The van der Waals surface area contributed by atoms with Crippen molar-refractivity contribution in [3.8, 4) is 5.75 Å². The first kappa shape index (κ1) is 74.1. The van der Waals surface area contributed by atoms with Gasteiger partial charge in [0.1, 0.15) is 11.8 Å². The van der Waals surface area contributed by atoms with Gasteiger partial charge in [-0.25, -0.2) is 4.79 Å². The van der Waals surface area contributed by atoms with Gasteiger partial charge in [0, 0.05) is 97.2 Å². The zero-order valence-electron chi connectivity index (χ0n) is 51.1. The standard InChI is InChI=1S/C60H89N13O17/c1-2-50(75)62-19-20-65-60(86)69-59(61)64-18-7-12-49(57(84)66-39-44-13-15-48(74)16-14-44)68-58(85)56(45-8-4-3-5-9-45)46-10-6-11-47(38-46)67-51(76)17-30-87-32-34-89-36-37-90-35-33-88-31-21-63-52(77)40-70-22-24-71(41-53(78)79)26-28-73(43-55(82)83)29-27-72(25-23-70)42-54(80)81/h3-6,8-11,13-16,38,49,56,74H,2,7,12,17-37,39-43H2,1H3,(H,62,75)(H,63,77)(H,66,84)(H,67,76)(H,68,85)(H,78,79)(H,80,81)(H,82,83)(H4,61,64,65,69,86)/t49-,56?/m1/s1. The molecular formula is C60H89N13O17. The van der Waals surface area contributed by atoms with E-state index in [0.717, 1.165) is 0 Å². The molecule has 0 spiro atoms. The molecule has 3 aromatic rings. The number of carbonyl (C=O) groups excluding carboxylic acids is 6. The first-order chi connectivity index (χ1) is 43.4. The highest BCUT2D eigenvalue weighted by atomic mass is 16.6. The van der Waals surface area contributed by atoms with Crippen LogP contribution in [0.5, 0.6) is 5.75 Å². The number of guanidine groups is 1. The van der Waals surface area contributed by atoms with Gasteiger partial charge in [-0.3, -0.25) is 58.0 Å². The topological polar surface area (TPSA) is 407 Å². The summed E-state index contributed by atoms with van der Waals surface area (Å²) in [5.41, 5.74) is 8.25. The molecule has 0 aromatic heterocycles. The van der Waals surface area contributed by atoms with Gasteiger partial charge in [0.15, 0.2) is 5.96 Å². The number of hydrogen-bond donors (Lipinski definition) is 12. The van der Waals surface area contributed by atoms with E-state index in [4.69, 9.17) is 24.7 Å². The van der Waals surface area contributed by atoms with Crippen molar-refractivity contribution >= 4 is 65.1 Å². The zero-order chi connectivity index (χ0) is 65.3. The number of anilines is 1. The number of urea groups is 1. The minimum atomic E-state index is -1.04. The lowest BCUT2D eigenvalue weighted by Gasteiger charge is -2.32. The zero-order valence-corrected chi connectivity index (χ0v) is 51.1. The van der Waals surface area contributed by atoms with Gasteiger partial charge in [-0.1, -0.05) is 61.5 Å². The minimum Gasteiger partial charge on any atom is -0.508 e. The average molecular weight is 1260 g/mol. The van der Waals surface area contributed by atoms with Gasteiger partial charge in [0.2, 0.25) is 29.5 Å². The molecule has 3 aromatic carbocycles. The fourth-order valence-corrected chi connectivity index (χ4v) is 9.05. The number of nitrogens with two attached hydrogens (primary N) is 1. The van der Waals surface area contributed by atoms with Crippen molar-refractivity contribution in [2.75, 3.05) is 163 Å². The van der Waals surface area contributed by atoms with E-state index >= 15 is 0 Å². The van der Waals surface area contributed by atoms with Gasteiger partial charge in [-0.15, -0.1) is 0 Å².